The van der Waals surface area contributed by atoms with Crippen molar-refractivity contribution in [2.24, 2.45) is 0 Å². The number of hydrogen-bond donors (Lipinski definition) is 2. The molecule has 0 saturated heterocycles. The molecular formula is C23H29N3O6S. The fourth-order valence-corrected chi connectivity index (χ4v) is 4.42. The van der Waals surface area contributed by atoms with E-state index in [1.807, 2.05) is 30.3 Å². The molecule has 0 radical (unpaired) electrons. The molecular weight excluding hydrogens is 446 g/mol. The average molecular weight is 476 g/mol. The minimum atomic E-state index is -3.62. The summed E-state index contributed by atoms with van der Waals surface area (Å²) < 4.78 is 31.4. The quantitative estimate of drug-likeness (QED) is 0.477. The van der Waals surface area contributed by atoms with Gasteiger partial charge >= 0.3 is 5.97 Å². The maximum absolute atomic E-state index is 12.5. The maximum Gasteiger partial charge on any atom is 0.326 e. The Labute approximate surface area is 194 Å². The number of rotatable bonds is 11. The Morgan fingerprint density at radius 2 is 1.55 bits per heavy atom. The summed E-state index contributed by atoms with van der Waals surface area (Å²) in [5, 5.41) is 5.07. The Morgan fingerprint density at radius 1 is 0.939 bits per heavy atom. The second-order valence-corrected chi connectivity index (χ2v) is 9.07. The molecule has 0 aliphatic carbocycles. The molecule has 33 heavy (non-hydrogen) atoms. The van der Waals surface area contributed by atoms with Crippen LogP contribution in [0, 0.1) is 0 Å². The summed E-state index contributed by atoms with van der Waals surface area (Å²) in [7, 11) is -3.62. The topological polar surface area (TPSA) is 122 Å². The first-order valence-electron chi connectivity index (χ1n) is 10.6. The Kier molecular flexibility index (Phi) is 9.56. The standard InChI is InChI=1S/C23H29N3O6S/c1-4-26(5-2)33(30,31)20-13-11-19(12-14-20)23(29)25-16-21(27)32-17(3)22(28)24-15-18-9-7-6-8-10-18/h6-14,17H,4-5,15-16H2,1-3H3,(H,24,28)(H,25,29). The van der Waals surface area contributed by atoms with Crippen LogP contribution in [0.25, 0.3) is 0 Å². The van der Waals surface area contributed by atoms with Crippen molar-refractivity contribution in [1.29, 1.82) is 0 Å². The van der Waals surface area contributed by atoms with Gasteiger partial charge in [0.25, 0.3) is 11.8 Å². The zero-order chi connectivity index (χ0) is 24.4. The predicted octanol–water partition coefficient (Wildman–Crippen LogP) is 1.70. The summed E-state index contributed by atoms with van der Waals surface area (Å²) in [6.07, 6.45) is -1.03. The summed E-state index contributed by atoms with van der Waals surface area (Å²) in [6.45, 7) is 5.48. The van der Waals surface area contributed by atoms with Crippen molar-refractivity contribution in [3.8, 4) is 0 Å². The van der Waals surface area contributed by atoms with E-state index in [-0.39, 0.29) is 10.5 Å². The largest absolute Gasteiger partial charge is 0.451 e. The molecule has 0 heterocycles. The molecule has 2 rings (SSSR count). The number of amides is 2. The number of nitrogens with zero attached hydrogens (tertiary/aromatic N) is 1. The molecule has 2 N–H and O–H groups in total. The Bertz CT molecular complexity index is 1050. The lowest BCUT2D eigenvalue weighted by atomic mass is 10.2. The fraction of sp³-hybridized carbons (Fsp3) is 0.348. The summed E-state index contributed by atoms with van der Waals surface area (Å²) in [4.78, 5) is 36.4. The molecule has 0 fully saturated rings. The molecule has 0 spiro atoms. The van der Waals surface area contributed by atoms with E-state index in [1.54, 1.807) is 13.8 Å². The number of benzene rings is 2. The van der Waals surface area contributed by atoms with Gasteiger partial charge in [-0.2, -0.15) is 4.31 Å². The van der Waals surface area contributed by atoms with Gasteiger partial charge in [-0.15, -0.1) is 0 Å². The average Bonchev–Trinajstić information content (AvgIpc) is 2.82. The van der Waals surface area contributed by atoms with Crippen LogP contribution in [0.1, 0.15) is 36.7 Å². The first-order chi connectivity index (χ1) is 15.7. The predicted molar refractivity (Wildman–Crippen MR) is 123 cm³/mol. The molecule has 2 aromatic rings. The molecule has 0 aliphatic heterocycles. The van der Waals surface area contributed by atoms with Gasteiger partial charge < -0.3 is 15.4 Å². The number of hydrogen-bond acceptors (Lipinski definition) is 6. The van der Waals surface area contributed by atoms with E-state index < -0.39 is 40.5 Å². The van der Waals surface area contributed by atoms with Gasteiger partial charge in [0.05, 0.1) is 4.90 Å². The van der Waals surface area contributed by atoms with Gasteiger partial charge in [-0.1, -0.05) is 44.2 Å². The molecule has 0 aliphatic rings. The SMILES string of the molecule is CCN(CC)S(=O)(=O)c1ccc(C(=O)NCC(=O)OC(C)C(=O)NCc2ccccc2)cc1. The van der Waals surface area contributed by atoms with E-state index in [0.29, 0.717) is 19.6 Å². The minimum Gasteiger partial charge on any atom is -0.451 e. The van der Waals surface area contributed by atoms with Crippen molar-refractivity contribution in [1.82, 2.24) is 14.9 Å². The van der Waals surface area contributed by atoms with Crippen molar-refractivity contribution in [3.63, 3.8) is 0 Å². The first kappa shape index (κ1) is 26.0. The Balaban J connectivity index is 1.83. The second-order valence-electron chi connectivity index (χ2n) is 7.13. The fourth-order valence-electron chi connectivity index (χ4n) is 2.97. The summed E-state index contributed by atoms with van der Waals surface area (Å²) in [5.74, 6) is -1.80. The highest BCUT2D eigenvalue weighted by Crippen LogP contribution is 2.16. The number of sulfonamides is 1. The monoisotopic (exact) mass is 475 g/mol. The van der Waals surface area contributed by atoms with Gasteiger partial charge in [-0.25, -0.2) is 8.42 Å². The van der Waals surface area contributed by atoms with Crippen LogP contribution in [-0.2, 0) is 30.9 Å². The maximum atomic E-state index is 12.5. The summed E-state index contributed by atoms with van der Waals surface area (Å²) in [5.41, 5.74) is 1.10. The van der Waals surface area contributed by atoms with Crippen LogP contribution in [0.3, 0.4) is 0 Å². The summed E-state index contributed by atoms with van der Waals surface area (Å²) in [6, 6.07) is 14.7. The number of esters is 1. The molecule has 1 unspecified atom stereocenters. The van der Waals surface area contributed by atoms with Crippen LogP contribution in [-0.4, -0.2) is 56.2 Å². The molecule has 0 saturated carbocycles. The number of carbonyl (C=O) groups excluding carboxylic acids is 3. The molecule has 9 nitrogen and oxygen atoms in total. The molecule has 10 heteroatoms. The van der Waals surface area contributed by atoms with Crippen molar-refractivity contribution in [2.75, 3.05) is 19.6 Å². The van der Waals surface area contributed by atoms with Crippen LogP contribution in [0.5, 0.6) is 0 Å². The third-order valence-electron chi connectivity index (χ3n) is 4.84. The minimum absolute atomic E-state index is 0.0810. The summed E-state index contributed by atoms with van der Waals surface area (Å²) >= 11 is 0. The zero-order valence-corrected chi connectivity index (χ0v) is 19.7. The lowest BCUT2D eigenvalue weighted by Crippen LogP contribution is -2.38. The van der Waals surface area contributed by atoms with E-state index in [9.17, 15) is 22.8 Å². The van der Waals surface area contributed by atoms with Crippen LogP contribution in [0.2, 0.25) is 0 Å². The highest BCUT2D eigenvalue weighted by Gasteiger charge is 2.22. The molecule has 2 aromatic carbocycles. The smallest absolute Gasteiger partial charge is 0.326 e. The lowest BCUT2D eigenvalue weighted by molar-refractivity contribution is -0.153. The number of ether oxygens (including phenoxy) is 1. The van der Waals surface area contributed by atoms with E-state index >= 15 is 0 Å². The lowest BCUT2D eigenvalue weighted by Gasteiger charge is -2.18. The van der Waals surface area contributed by atoms with Crippen LogP contribution >= 0.6 is 0 Å². The molecule has 0 bridgehead atoms. The van der Waals surface area contributed by atoms with E-state index in [4.69, 9.17) is 4.74 Å². The van der Waals surface area contributed by atoms with Crippen molar-refractivity contribution in [3.05, 3.63) is 65.7 Å². The third kappa shape index (κ3) is 7.40. The normalized spacial score (nSPS) is 12.1. The molecule has 0 aromatic heterocycles. The van der Waals surface area contributed by atoms with Crippen LogP contribution in [0.15, 0.2) is 59.5 Å². The highest BCUT2D eigenvalue weighted by molar-refractivity contribution is 7.89. The van der Waals surface area contributed by atoms with E-state index in [0.717, 1.165) is 5.56 Å². The zero-order valence-electron chi connectivity index (χ0n) is 18.9. The number of carbonyl (C=O) groups is 3. The van der Waals surface area contributed by atoms with E-state index in [1.165, 1.54) is 35.5 Å². The van der Waals surface area contributed by atoms with Gasteiger partial charge in [0.15, 0.2) is 6.10 Å². The van der Waals surface area contributed by atoms with E-state index in [2.05, 4.69) is 10.6 Å². The molecule has 178 valence electrons. The van der Waals surface area contributed by atoms with Gasteiger partial charge in [-0.3, -0.25) is 14.4 Å². The Hall–Kier alpha value is -3.24. The molecule has 2 amide bonds. The van der Waals surface area contributed by atoms with Crippen molar-refractivity contribution < 1.29 is 27.5 Å². The van der Waals surface area contributed by atoms with Gasteiger partial charge in [0, 0.05) is 25.2 Å². The van der Waals surface area contributed by atoms with Crippen molar-refractivity contribution >= 4 is 27.8 Å². The first-order valence-corrected chi connectivity index (χ1v) is 12.0. The van der Waals surface area contributed by atoms with Crippen LogP contribution in [0.4, 0.5) is 0 Å². The van der Waals surface area contributed by atoms with Gasteiger partial charge in [0.1, 0.15) is 6.54 Å². The van der Waals surface area contributed by atoms with Gasteiger partial charge in [0.2, 0.25) is 10.0 Å². The Morgan fingerprint density at radius 3 is 2.12 bits per heavy atom. The number of nitrogens with one attached hydrogen (secondary N) is 2. The third-order valence-corrected chi connectivity index (χ3v) is 6.90. The molecule has 1 atom stereocenters. The van der Waals surface area contributed by atoms with Gasteiger partial charge in [-0.05, 0) is 36.8 Å². The van der Waals surface area contributed by atoms with Crippen molar-refractivity contribution in [2.45, 2.75) is 38.3 Å². The van der Waals surface area contributed by atoms with Crippen LogP contribution < -0.4 is 10.6 Å². The second kappa shape index (κ2) is 12.1. The highest BCUT2D eigenvalue weighted by atomic mass is 32.2.